The van der Waals surface area contributed by atoms with Gasteiger partial charge in [0.2, 0.25) is 0 Å². The number of carbonyl (C=O) groups is 1. The molecule has 0 aliphatic rings. The van der Waals surface area contributed by atoms with E-state index in [1.54, 1.807) is 6.08 Å². The third-order valence-electron chi connectivity index (χ3n) is 1.34. The predicted molar refractivity (Wildman–Crippen MR) is 40.7 cm³/mol. The van der Waals surface area contributed by atoms with Crippen molar-refractivity contribution in [2.75, 3.05) is 0 Å². The minimum absolute atomic E-state index is 0.0857. The van der Waals surface area contributed by atoms with E-state index in [1.165, 1.54) is 0 Å². The SMILES string of the molecule is C=C[C@@H](CCCC)OC=O. The molecule has 0 bridgehead atoms. The minimum Gasteiger partial charge on any atom is -0.460 e. The molecule has 0 aromatic rings. The van der Waals surface area contributed by atoms with Gasteiger partial charge >= 0.3 is 0 Å². The van der Waals surface area contributed by atoms with E-state index >= 15 is 0 Å². The Kier molecular flexibility index (Phi) is 5.83. The second-order valence-electron chi connectivity index (χ2n) is 2.15. The Bertz CT molecular complexity index is 99.4. The highest BCUT2D eigenvalue weighted by molar-refractivity contribution is 5.37. The van der Waals surface area contributed by atoms with Crippen molar-refractivity contribution in [3.63, 3.8) is 0 Å². The fourth-order valence-corrected chi connectivity index (χ4v) is 0.718. The molecule has 0 aliphatic carbocycles. The van der Waals surface area contributed by atoms with Crippen molar-refractivity contribution in [2.24, 2.45) is 0 Å². The van der Waals surface area contributed by atoms with Crippen LogP contribution in [0.2, 0.25) is 0 Å². The molecule has 0 rings (SSSR count). The molecule has 0 spiro atoms. The first-order valence-corrected chi connectivity index (χ1v) is 3.56. The molecular weight excluding hydrogens is 128 g/mol. The second kappa shape index (κ2) is 6.33. The molecule has 0 aromatic carbocycles. The molecule has 0 N–H and O–H groups in total. The fourth-order valence-electron chi connectivity index (χ4n) is 0.718. The van der Waals surface area contributed by atoms with Crippen LogP contribution in [0.1, 0.15) is 26.2 Å². The first-order chi connectivity index (χ1) is 4.85. The van der Waals surface area contributed by atoms with Gasteiger partial charge in [-0.3, -0.25) is 4.79 Å². The standard InChI is InChI=1S/C8H14O2/c1-3-5-6-8(4-2)10-7-9/h4,7-8H,2-3,5-6H2,1H3/t8-/m0/s1. The summed E-state index contributed by atoms with van der Waals surface area (Å²) in [5.41, 5.74) is 0. The number of rotatable bonds is 6. The zero-order valence-corrected chi connectivity index (χ0v) is 6.38. The Labute approximate surface area is 61.9 Å². The van der Waals surface area contributed by atoms with E-state index in [1.807, 2.05) is 0 Å². The number of carbonyl (C=O) groups excluding carboxylic acids is 1. The summed E-state index contributed by atoms with van der Waals surface area (Å²) in [6.45, 7) is 6.12. The van der Waals surface area contributed by atoms with Gasteiger partial charge in [-0.1, -0.05) is 26.0 Å². The van der Waals surface area contributed by atoms with Gasteiger partial charge in [0.15, 0.2) is 0 Å². The van der Waals surface area contributed by atoms with Crippen molar-refractivity contribution >= 4 is 6.47 Å². The number of unbranched alkanes of at least 4 members (excludes halogenated alkanes) is 1. The number of hydrogen-bond acceptors (Lipinski definition) is 2. The van der Waals surface area contributed by atoms with Crippen molar-refractivity contribution < 1.29 is 9.53 Å². The minimum atomic E-state index is -0.0857. The average Bonchev–Trinajstić information content (AvgIpc) is 1.98. The Morgan fingerprint density at radius 2 is 2.40 bits per heavy atom. The summed E-state index contributed by atoms with van der Waals surface area (Å²) in [6.07, 6.45) is 4.65. The smallest absolute Gasteiger partial charge is 0.293 e. The summed E-state index contributed by atoms with van der Waals surface area (Å²) < 4.78 is 4.69. The molecular formula is C8H14O2. The Morgan fingerprint density at radius 3 is 2.80 bits per heavy atom. The zero-order chi connectivity index (χ0) is 7.82. The summed E-state index contributed by atoms with van der Waals surface area (Å²) in [6, 6.07) is 0. The van der Waals surface area contributed by atoms with Gasteiger partial charge < -0.3 is 4.74 Å². The summed E-state index contributed by atoms with van der Waals surface area (Å²) in [7, 11) is 0. The molecule has 2 heteroatoms. The van der Waals surface area contributed by atoms with E-state index in [9.17, 15) is 4.79 Å². The van der Waals surface area contributed by atoms with Gasteiger partial charge in [0.05, 0.1) is 0 Å². The summed E-state index contributed by atoms with van der Waals surface area (Å²) >= 11 is 0. The quantitative estimate of drug-likeness (QED) is 0.418. The lowest BCUT2D eigenvalue weighted by molar-refractivity contribution is -0.131. The molecule has 1 atom stereocenters. The van der Waals surface area contributed by atoms with Gasteiger partial charge in [0.25, 0.3) is 6.47 Å². The normalized spacial score (nSPS) is 12.1. The van der Waals surface area contributed by atoms with E-state index in [0.29, 0.717) is 6.47 Å². The largest absolute Gasteiger partial charge is 0.460 e. The van der Waals surface area contributed by atoms with Crippen LogP contribution in [0.15, 0.2) is 12.7 Å². The van der Waals surface area contributed by atoms with Crippen LogP contribution in [0.25, 0.3) is 0 Å². The Morgan fingerprint density at radius 1 is 1.70 bits per heavy atom. The Hall–Kier alpha value is -0.790. The maximum Gasteiger partial charge on any atom is 0.293 e. The third-order valence-corrected chi connectivity index (χ3v) is 1.34. The monoisotopic (exact) mass is 142 g/mol. The van der Waals surface area contributed by atoms with Crippen LogP contribution < -0.4 is 0 Å². The van der Waals surface area contributed by atoms with Gasteiger partial charge in [0, 0.05) is 0 Å². The number of hydrogen-bond donors (Lipinski definition) is 0. The lowest BCUT2D eigenvalue weighted by Gasteiger charge is -2.07. The first-order valence-electron chi connectivity index (χ1n) is 3.56. The van der Waals surface area contributed by atoms with E-state index in [0.717, 1.165) is 19.3 Å². The maximum atomic E-state index is 9.87. The first kappa shape index (κ1) is 9.21. The van der Waals surface area contributed by atoms with Gasteiger partial charge in [-0.05, 0) is 12.8 Å². The van der Waals surface area contributed by atoms with Crippen LogP contribution in [0.3, 0.4) is 0 Å². The summed E-state index contributed by atoms with van der Waals surface area (Å²) in [5.74, 6) is 0. The molecule has 0 aromatic heterocycles. The lowest BCUT2D eigenvalue weighted by atomic mass is 10.2. The van der Waals surface area contributed by atoms with Crippen molar-refractivity contribution in [2.45, 2.75) is 32.3 Å². The fraction of sp³-hybridized carbons (Fsp3) is 0.625. The molecule has 0 saturated carbocycles. The molecule has 0 radical (unpaired) electrons. The molecule has 0 heterocycles. The highest BCUT2D eigenvalue weighted by Gasteiger charge is 2.00. The average molecular weight is 142 g/mol. The van der Waals surface area contributed by atoms with Crippen molar-refractivity contribution in [1.29, 1.82) is 0 Å². The van der Waals surface area contributed by atoms with Gasteiger partial charge in [-0.25, -0.2) is 0 Å². The second-order valence-corrected chi connectivity index (χ2v) is 2.15. The van der Waals surface area contributed by atoms with Crippen LogP contribution in [0.4, 0.5) is 0 Å². The van der Waals surface area contributed by atoms with E-state index < -0.39 is 0 Å². The maximum absolute atomic E-state index is 9.87. The van der Waals surface area contributed by atoms with Crippen LogP contribution in [-0.2, 0) is 9.53 Å². The highest BCUT2D eigenvalue weighted by atomic mass is 16.5. The van der Waals surface area contributed by atoms with E-state index in [4.69, 9.17) is 4.74 Å². The molecule has 0 amide bonds. The van der Waals surface area contributed by atoms with Gasteiger partial charge in [0.1, 0.15) is 6.10 Å². The van der Waals surface area contributed by atoms with E-state index in [-0.39, 0.29) is 6.10 Å². The van der Waals surface area contributed by atoms with Crippen LogP contribution in [-0.4, -0.2) is 12.6 Å². The van der Waals surface area contributed by atoms with Crippen LogP contribution >= 0.6 is 0 Å². The topological polar surface area (TPSA) is 26.3 Å². The molecule has 0 saturated heterocycles. The summed E-state index contributed by atoms with van der Waals surface area (Å²) in [4.78, 5) is 9.87. The van der Waals surface area contributed by atoms with Crippen LogP contribution in [0, 0.1) is 0 Å². The third kappa shape index (κ3) is 4.13. The van der Waals surface area contributed by atoms with Crippen molar-refractivity contribution in [3.8, 4) is 0 Å². The summed E-state index contributed by atoms with van der Waals surface area (Å²) in [5, 5.41) is 0. The molecule has 58 valence electrons. The molecule has 0 fully saturated rings. The van der Waals surface area contributed by atoms with E-state index in [2.05, 4.69) is 13.5 Å². The van der Waals surface area contributed by atoms with Gasteiger partial charge in [-0.15, -0.1) is 0 Å². The highest BCUT2D eigenvalue weighted by Crippen LogP contribution is 2.03. The zero-order valence-electron chi connectivity index (χ0n) is 6.38. The Balaban J connectivity index is 3.38. The molecule has 2 nitrogen and oxygen atoms in total. The van der Waals surface area contributed by atoms with Crippen LogP contribution in [0.5, 0.6) is 0 Å². The number of ether oxygens (including phenoxy) is 1. The lowest BCUT2D eigenvalue weighted by Crippen LogP contribution is -2.07. The molecule has 0 aliphatic heterocycles. The molecule has 10 heavy (non-hydrogen) atoms. The van der Waals surface area contributed by atoms with Gasteiger partial charge in [-0.2, -0.15) is 0 Å². The van der Waals surface area contributed by atoms with Crippen molar-refractivity contribution in [1.82, 2.24) is 0 Å². The molecule has 0 unspecified atom stereocenters. The van der Waals surface area contributed by atoms with Crippen molar-refractivity contribution in [3.05, 3.63) is 12.7 Å². The predicted octanol–water partition coefficient (Wildman–Crippen LogP) is 1.90.